The Morgan fingerprint density at radius 3 is 1.53 bits per heavy atom. The third-order valence-corrected chi connectivity index (χ3v) is 5.11. The summed E-state index contributed by atoms with van der Waals surface area (Å²) in [5, 5.41) is 19.2. The summed E-state index contributed by atoms with van der Waals surface area (Å²) in [6.07, 6.45) is 7.26. The minimum atomic E-state index is -1.24. The first-order chi connectivity index (χ1) is 9.01. The summed E-state index contributed by atoms with van der Waals surface area (Å²) in [6, 6.07) is 0. The number of carboxylic acid groups (broad SMARTS) is 2. The van der Waals surface area contributed by atoms with E-state index in [0.29, 0.717) is 0 Å². The van der Waals surface area contributed by atoms with Gasteiger partial charge in [-0.05, 0) is 37.5 Å². The molecular formula is C15H22O4. The Morgan fingerprint density at radius 1 is 0.895 bits per heavy atom. The first-order valence-corrected chi connectivity index (χ1v) is 7.17. The molecule has 0 aromatic rings. The molecule has 106 valence electrons. The second kappa shape index (κ2) is 5.35. The van der Waals surface area contributed by atoms with Crippen molar-refractivity contribution >= 4 is 11.9 Å². The van der Waals surface area contributed by atoms with E-state index in [1.807, 2.05) is 0 Å². The molecule has 0 aromatic carbocycles. The normalized spacial score (nSPS) is 21.7. The van der Waals surface area contributed by atoms with Gasteiger partial charge in [-0.15, -0.1) is 0 Å². The van der Waals surface area contributed by atoms with Crippen LogP contribution in [0.1, 0.15) is 51.4 Å². The molecular weight excluding hydrogens is 244 g/mol. The highest BCUT2D eigenvalue weighted by atomic mass is 16.4. The van der Waals surface area contributed by atoms with Gasteiger partial charge in [0.15, 0.2) is 0 Å². The van der Waals surface area contributed by atoms with Gasteiger partial charge in [0.1, 0.15) is 5.41 Å². The molecule has 2 aliphatic rings. The molecule has 0 atom stereocenters. The van der Waals surface area contributed by atoms with Gasteiger partial charge < -0.3 is 10.2 Å². The SMILES string of the molecule is C=C(C(=O)O)C(C(=O)O)(C1CCCC1)C1CCCC1. The van der Waals surface area contributed by atoms with Gasteiger partial charge >= 0.3 is 11.9 Å². The van der Waals surface area contributed by atoms with Crippen LogP contribution in [0.5, 0.6) is 0 Å². The van der Waals surface area contributed by atoms with Gasteiger partial charge in [0.05, 0.1) is 0 Å². The Morgan fingerprint density at radius 2 is 1.26 bits per heavy atom. The third-order valence-electron chi connectivity index (χ3n) is 5.11. The molecule has 2 fully saturated rings. The van der Waals surface area contributed by atoms with E-state index >= 15 is 0 Å². The van der Waals surface area contributed by atoms with Gasteiger partial charge in [-0.3, -0.25) is 4.79 Å². The van der Waals surface area contributed by atoms with Crippen molar-refractivity contribution < 1.29 is 19.8 Å². The lowest BCUT2D eigenvalue weighted by Crippen LogP contribution is -2.47. The third kappa shape index (κ3) is 2.17. The van der Waals surface area contributed by atoms with E-state index in [1.165, 1.54) is 0 Å². The smallest absolute Gasteiger partial charge is 0.332 e. The van der Waals surface area contributed by atoms with E-state index in [-0.39, 0.29) is 17.4 Å². The van der Waals surface area contributed by atoms with Crippen LogP contribution in [-0.2, 0) is 9.59 Å². The van der Waals surface area contributed by atoms with Crippen molar-refractivity contribution in [3.05, 3.63) is 12.2 Å². The fourth-order valence-electron chi connectivity index (χ4n) is 4.24. The second-order valence-corrected chi connectivity index (χ2v) is 5.92. The maximum atomic E-state index is 12.0. The lowest BCUT2D eigenvalue weighted by Gasteiger charge is -2.40. The zero-order chi connectivity index (χ0) is 14.0. The monoisotopic (exact) mass is 266 g/mol. The summed E-state index contributed by atoms with van der Waals surface area (Å²) in [4.78, 5) is 23.4. The predicted molar refractivity (Wildman–Crippen MR) is 70.8 cm³/mol. The highest BCUT2D eigenvalue weighted by Crippen LogP contribution is 2.54. The molecule has 2 saturated carbocycles. The largest absolute Gasteiger partial charge is 0.481 e. The molecule has 2 aliphatic carbocycles. The van der Waals surface area contributed by atoms with Crippen molar-refractivity contribution in [2.24, 2.45) is 17.3 Å². The van der Waals surface area contributed by atoms with Crippen LogP contribution in [0.4, 0.5) is 0 Å². The number of carboxylic acids is 2. The van der Waals surface area contributed by atoms with Crippen molar-refractivity contribution in [1.29, 1.82) is 0 Å². The average molecular weight is 266 g/mol. The van der Waals surface area contributed by atoms with Crippen LogP contribution in [0.2, 0.25) is 0 Å². The van der Waals surface area contributed by atoms with Crippen LogP contribution in [-0.4, -0.2) is 22.2 Å². The molecule has 2 N–H and O–H groups in total. The fourth-order valence-corrected chi connectivity index (χ4v) is 4.24. The van der Waals surface area contributed by atoms with Crippen LogP contribution in [0.25, 0.3) is 0 Å². The first kappa shape index (κ1) is 14.1. The van der Waals surface area contributed by atoms with Crippen LogP contribution in [0, 0.1) is 17.3 Å². The van der Waals surface area contributed by atoms with Gasteiger partial charge in [0.25, 0.3) is 0 Å². The quantitative estimate of drug-likeness (QED) is 0.750. The Labute approximate surface area is 113 Å². The fraction of sp³-hybridized carbons (Fsp3) is 0.733. The van der Waals surface area contributed by atoms with E-state index in [2.05, 4.69) is 6.58 Å². The number of rotatable bonds is 5. The Kier molecular flexibility index (Phi) is 3.97. The summed E-state index contributed by atoms with van der Waals surface area (Å²) in [5.74, 6) is -2.24. The van der Waals surface area contributed by atoms with Crippen LogP contribution < -0.4 is 0 Å². The molecule has 0 aliphatic heterocycles. The van der Waals surface area contributed by atoms with Crippen LogP contribution in [0.3, 0.4) is 0 Å². The van der Waals surface area contributed by atoms with Gasteiger partial charge in [-0.25, -0.2) is 4.79 Å². The van der Waals surface area contributed by atoms with E-state index in [4.69, 9.17) is 0 Å². The van der Waals surface area contributed by atoms with E-state index in [9.17, 15) is 19.8 Å². The highest BCUT2D eigenvalue weighted by molar-refractivity contribution is 5.96. The van der Waals surface area contributed by atoms with Gasteiger partial charge in [-0.2, -0.15) is 0 Å². The number of hydrogen-bond acceptors (Lipinski definition) is 2. The minimum Gasteiger partial charge on any atom is -0.481 e. The molecule has 0 spiro atoms. The maximum absolute atomic E-state index is 12.0. The molecule has 0 aromatic heterocycles. The van der Waals surface area contributed by atoms with Crippen molar-refractivity contribution in [2.45, 2.75) is 51.4 Å². The summed E-state index contributed by atoms with van der Waals surface area (Å²) >= 11 is 0. The Hall–Kier alpha value is -1.32. The highest BCUT2D eigenvalue weighted by Gasteiger charge is 2.56. The number of hydrogen-bond donors (Lipinski definition) is 2. The van der Waals surface area contributed by atoms with E-state index < -0.39 is 17.4 Å². The molecule has 0 radical (unpaired) electrons. The Balaban J connectivity index is 2.46. The molecule has 0 heterocycles. The van der Waals surface area contributed by atoms with Gasteiger partial charge in [0, 0.05) is 5.57 Å². The zero-order valence-corrected chi connectivity index (χ0v) is 11.2. The number of aliphatic carboxylic acids is 2. The molecule has 4 heteroatoms. The van der Waals surface area contributed by atoms with Crippen molar-refractivity contribution in [3.63, 3.8) is 0 Å². The van der Waals surface area contributed by atoms with Crippen molar-refractivity contribution in [1.82, 2.24) is 0 Å². The molecule has 0 saturated heterocycles. The summed E-state index contributed by atoms with van der Waals surface area (Å²) in [5.41, 5.74) is -1.34. The van der Waals surface area contributed by atoms with Crippen LogP contribution in [0.15, 0.2) is 12.2 Å². The predicted octanol–water partition coefficient (Wildman–Crippen LogP) is 3.08. The van der Waals surface area contributed by atoms with Crippen LogP contribution >= 0.6 is 0 Å². The first-order valence-electron chi connectivity index (χ1n) is 7.17. The number of carbonyl (C=O) groups is 2. The molecule has 2 rings (SSSR count). The van der Waals surface area contributed by atoms with E-state index in [0.717, 1.165) is 51.4 Å². The lowest BCUT2D eigenvalue weighted by molar-refractivity contribution is -0.157. The summed E-state index contributed by atoms with van der Waals surface area (Å²) < 4.78 is 0. The topological polar surface area (TPSA) is 74.6 Å². The molecule has 0 amide bonds. The van der Waals surface area contributed by atoms with Crippen molar-refractivity contribution in [3.8, 4) is 0 Å². The second-order valence-electron chi connectivity index (χ2n) is 5.92. The molecule has 0 unspecified atom stereocenters. The molecule has 0 bridgehead atoms. The Bertz CT molecular complexity index is 371. The van der Waals surface area contributed by atoms with E-state index in [1.54, 1.807) is 0 Å². The summed E-state index contributed by atoms with van der Waals surface area (Å²) in [7, 11) is 0. The molecule has 4 nitrogen and oxygen atoms in total. The van der Waals surface area contributed by atoms with Gasteiger partial charge in [0.2, 0.25) is 0 Å². The summed E-state index contributed by atoms with van der Waals surface area (Å²) in [6.45, 7) is 3.66. The average Bonchev–Trinajstić information content (AvgIpc) is 3.01. The molecule has 19 heavy (non-hydrogen) atoms. The maximum Gasteiger partial charge on any atom is 0.332 e. The lowest BCUT2D eigenvalue weighted by atomic mass is 9.61. The standard InChI is InChI=1S/C15H22O4/c1-10(13(16)17)15(14(18)19,11-6-2-3-7-11)12-8-4-5-9-12/h11-12H,1-9H2,(H,16,17)(H,18,19). The van der Waals surface area contributed by atoms with Crippen molar-refractivity contribution in [2.75, 3.05) is 0 Å². The zero-order valence-electron chi connectivity index (χ0n) is 11.2. The minimum absolute atomic E-state index is 0.0586. The van der Waals surface area contributed by atoms with Gasteiger partial charge in [-0.1, -0.05) is 32.3 Å².